The monoisotopic (exact) mass is 382 g/mol. The highest BCUT2D eigenvalue weighted by atomic mass is 19.1. The lowest BCUT2D eigenvalue weighted by Crippen LogP contribution is -2.50. The molecule has 1 aliphatic rings. The summed E-state index contributed by atoms with van der Waals surface area (Å²) in [6.45, 7) is 2.31. The van der Waals surface area contributed by atoms with Crippen LogP contribution in [0.4, 0.5) is 16.0 Å². The zero-order valence-electron chi connectivity index (χ0n) is 15.1. The van der Waals surface area contributed by atoms with Crippen molar-refractivity contribution in [2.75, 3.05) is 43.4 Å². The Morgan fingerprint density at radius 3 is 2.57 bits per heavy atom. The van der Waals surface area contributed by atoms with Crippen molar-refractivity contribution < 1.29 is 13.9 Å². The molecule has 2 N–H and O–H groups in total. The molecule has 3 aromatic rings. The number of ether oxygens (including phenoxy) is 1. The zero-order chi connectivity index (χ0) is 19.5. The maximum absolute atomic E-state index is 12.9. The molecule has 0 saturated carbocycles. The van der Waals surface area contributed by atoms with Crippen molar-refractivity contribution >= 4 is 28.6 Å². The molecule has 4 rings (SSSR count). The van der Waals surface area contributed by atoms with Gasteiger partial charge < -0.3 is 20.3 Å². The Kier molecular flexibility index (Phi) is 4.88. The number of halogens is 1. The predicted molar refractivity (Wildman–Crippen MR) is 102 cm³/mol. The van der Waals surface area contributed by atoms with Gasteiger partial charge in [-0.3, -0.25) is 4.79 Å². The van der Waals surface area contributed by atoms with E-state index < -0.39 is 0 Å². The van der Waals surface area contributed by atoms with Crippen molar-refractivity contribution in [1.82, 2.24) is 19.9 Å². The molecule has 3 heterocycles. The Morgan fingerprint density at radius 2 is 1.82 bits per heavy atom. The lowest BCUT2D eigenvalue weighted by Gasteiger charge is -2.35. The maximum Gasteiger partial charge on any atom is 0.260 e. The number of piperazine rings is 1. The molecule has 1 aromatic carbocycles. The summed E-state index contributed by atoms with van der Waals surface area (Å²) in [7, 11) is 0. The third-order valence-electron chi connectivity index (χ3n) is 4.61. The fraction of sp³-hybridized carbons (Fsp3) is 0.263. The highest BCUT2D eigenvalue weighted by Crippen LogP contribution is 2.23. The number of nitrogens with zero attached hydrogens (tertiary/aromatic N) is 5. The number of anilines is 2. The predicted octanol–water partition coefficient (Wildman–Crippen LogP) is 1.47. The summed E-state index contributed by atoms with van der Waals surface area (Å²) in [5.41, 5.74) is 6.27. The second kappa shape index (κ2) is 7.63. The second-order valence-electron chi connectivity index (χ2n) is 6.41. The Bertz CT molecular complexity index is 989. The SMILES string of the molecule is Nc1ccc2c(N3CCN(C(=O)COc4ccc(F)cc4)CC3)ncnc2n1. The molecule has 9 heteroatoms. The number of amides is 1. The van der Waals surface area contributed by atoms with Gasteiger partial charge >= 0.3 is 0 Å². The number of hydrogen-bond acceptors (Lipinski definition) is 7. The van der Waals surface area contributed by atoms with Crippen molar-refractivity contribution in [2.45, 2.75) is 0 Å². The fourth-order valence-electron chi connectivity index (χ4n) is 3.13. The minimum Gasteiger partial charge on any atom is -0.484 e. The number of hydrogen-bond donors (Lipinski definition) is 1. The highest BCUT2D eigenvalue weighted by molar-refractivity contribution is 5.87. The lowest BCUT2D eigenvalue weighted by atomic mass is 10.2. The molecule has 1 saturated heterocycles. The van der Waals surface area contributed by atoms with Crippen LogP contribution in [0.25, 0.3) is 11.0 Å². The van der Waals surface area contributed by atoms with Gasteiger partial charge in [-0.05, 0) is 36.4 Å². The number of benzene rings is 1. The van der Waals surface area contributed by atoms with Crippen LogP contribution in [-0.2, 0) is 4.79 Å². The molecule has 0 atom stereocenters. The molecule has 0 bridgehead atoms. The number of pyridine rings is 1. The molecule has 0 unspecified atom stereocenters. The Balaban J connectivity index is 1.37. The van der Waals surface area contributed by atoms with Gasteiger partial charge in [0.1, 0.15) is 29.5 Å². The third-order valence-corrected chi connectivity index (χ3v) is 4.61. The van der Waals surface area contributed by atoms with Crippen molar-refractivity contribution in [3.05, 3.63) is 48.5 Å². The van der Waals surface area contributed by atoms with Crippen molar-refractivity contribution in [2.24, 2.45) is 0 Å². The zero-order valence-corrected chi connectivity index (χ0v) is 15.1. The number of aromatic nitrogens is 3. The third kappa shape index (κ3) is 3.78. The van der Waals surface area contributed by atoms with Crippen molar-refractivity contribution in [3.63, 3.8) is 0 Å². The molecule has 8 nitrogen and oxygen atoms in total. The van der Waals surface area contributed by atoms with Gasteiger partial charge in [-0.2, -0.15) is 0 Å². The van der Waals surface area contributed by atoms with Crippen LogP contribution < -0.4 is 15.4 Å². The Hall–Kier alpha value is -3.49. The van der Waals surface area contributed by atoms with Crippen molar-refractivity contribution in [3.8, 4) is 5.75 Å². The van der Waals surface area contributed by atoms with E-state index in [4.69, 9.17) is 10.5 Å². The van der Waals surface area contributed by atoms with Crippen LogP contribution in [0.2, 0.25) is 0 Å². The molecule has 0 aliphatic carbocycles. The van der Waals surface area contributed by atoms with E-state index in [-0.39, 0.29) is 18.3 Å². The molecule has 1 fully saturated rings. The van der Waals surface area contributed by atoms with E-state index in [1.165, 1.54) is 30.6 Å². The molecular weight excluding hydrogens is 363 g/mol. The van der Waals surface area contributed by atoms with Crippen molar-refractivity contribution in [1.29, 1.82) is 0 Å². The quantitative estimate of drug-likeness (QED) is 0.730. The van der Waals surface area contributed by atoms with Crippen LogP contribution in [0.15, 0.2) is 42.7 Å². The number of nitrogen functional groups attached to an aromatic ring is 1. The second-order valence-corrected chi connectivity index (χ2v) is 6.41. The summed E-state index contributed by atoms with van der Waals surface area (Å²) in [4.78, 5) is 29.0. The van der Waals surface area contributed by atoms with E-state index in [9.17, 15) is 9.18 Å². The molecule has 2 aromatic heterocycles. The van der Waals surface area contributed by atoms with Gasteiger partial charge in [-0.25, -0.2) is 19.3 Å². The first-order valence-corrected chi connectivity index (χ1v) is 8.88. The molecule has 1 amide bonds. The molecule has 0 radical (unpaired) electrons. The summed E-state index contributed by atoms with van der Waals surface area (Å²) in [6, 6.07) is 9.19. The van der Waals surface area contributed by atoms with Gasteiger partial charge in [0, 0.05) is 26.2 Å². The van der Waals surface area contributed by atoms with E-state index in [0.717, 1.165) is 11.2 Å². The van der Waals surface area contributed by atoms with Gasteiger partial charge in [0.05, 0.1) is 5.39 Å². The smallest absolute Gasteiger partial charge is 0.260 e. The summed E-state index contributed by atoms with van der Waals surface area (Å²) in [5.74, 6) is 1.21. The highest BCUT2D eigenvalue weighted by Gasteiger charge is 2.23. The van der Waals surface area contributed by atoms with Crippen LogP contribution in [0.3, 0.4) is 0 Å². The molecule has 144 valence electrons. The van der Waals surface area contributed by atoms with E-state index in [1.54, 1.807) is 11.0 Å². The number of carbonyl (C=O) groups excluding carboxylic acids is 1. The number of carbonyl (C=O) groups is 1. The molecule has 0 spiro atoms. The molecule has 1 aliphatic heterocycles. The van der Waals surface area contributed by atoms with Crippen LogP contribution in [-0.4, -0.2) is 58.5 Å². The molecule has 28 heavy (non-hydrogen) atoms. The first-order valence-electron chi connectivity index (χ1n) is 8.88. The largest absolute Gasteiger partial charge is 0.484 e. The normalized spacial score (nSPS) is 14.3. The average molecular weight is 382 g/mol. The minimum absolute atomic E-state index is 0.0781. The summed E-state index contributed by atoms with van der Waals surface area (Å²) in [5, 5.41) is 0.830. The number of nitrogens with two attached hydrogens (primary N) is 1. The van der Waals surface area contributed by atoms with Gasteiger partial charge in [0.25, 0.3) is 5.91 Å². The first kappa shape index (κ1) is 17.9. The average Bonchev–Trinajstić information content (AvgIpc) is 2.72. The number of rotatable bonds is 4. The van der Waals surface area contributed by atoms with Gasteiger partial charge in [0.2, 0.25) is 0 Å². The van der Waals surface area contributed by atoms with Crippen LogP contribution in [0.1, 0.15) is 0 Å². The molecular formula is C19H19FN6O2. The van der Waals surface area contributed by atoms with E-state index >= 15 is 0 Å². The maximum atomic E-state index is 12.9. The fourth-order valence-corrected chi connectivity index (χ4v) is 3.13. The minimum atomic E-state index is -0.343. The van der Waals surface area contributed by atoms with Crippen LogP contribution in [0.5, 0.6) is 5.75 Å². The van der Waals surface area contributed by atoms with E-state index in [2.05, 4.69) is 19.9 Å². The Morgan fingerprint density at radius 1 is 1.07 bits per heavy atom. The van der Waals surface area contributed by atoms with Gasteiger partial charge in [-0.15, -0.1) is 0 Å². The standard InChI is InChI=1S/C19H19FN6O2/c20-13-1-3-14(4-2-13)28-11-17(27)25-7-9-26(10-8-25)19-15-5-6-16(21)24-18(15)22-12-23-19/h1-6,12H,7-11H2,(H2,21,22,23,24). The Labute approximate surface area is 160 Å². The van der Waals surface area contributed by atoms with Crippen LogP contribution >= 0.6 is 0 Å². The van der Waals surface area contributed by atoms with Gasteiger partial charge in [0.15, 0.2) is 12.3 Å². The van der Waals surface area contributed by atoms with Crippen LogP contribution in [0, 0.1) is 5.82 Å². The topological polar surface area (TPSA) is 97.5 Å². The lowest BCUT2D eigenvalue weighted by molar-refractivity contribution is -0.133. The summed E-state index contributed by atoms with van der Waals surface area (Å²) < 4.78 is 18.4. The van der Waals surface area contributed by atoms with Gasteiger partial charge in [-0.1, -0.05) is 0 Å². The summed E-state index contributed by atoms with van der Waals surface area (Å²) in [6.07, 6.45) is 1.47. The van der Waals surface area contributed by atoms with E-state index in [1.807, 2.05) is 6.07 Å². The number of fused-ring (bicyclic) bond motifs is 1. The summed E-state index contributed by atoms with van der Waals surface area (Å²) >= 11 is 0. The first-order chi connectivity index (χ1) is 13.6. The van der Waals surface area contributed by atoms with E-state index in [0.29, 0.717) is 43.4 Å².